The van der Waals surface area contributed by atoms with E-state index in [-0.39, 0.29) is 34.9 Å². The van der Waals surface area contributed by atoms with Gasteiger partial charge in [0.15, 0.2) is 17.3 Å². The van der Waals surface area contributed by atoms with E-state index >= 15 is 0 Å². The minimum atomic E-state index is -0.970. The first-order chi connectivity index (χ1) is 15.6. The number of carbonyl (C=O) groups is 3. The number of benzene rings is 1. The fraction of sp³-hybridized carbons (Fsp3) is 0.480. The van der Waals surface area contributed by atoms with Crippen LogP contribution in [0.5, 0.6) is 11.5 Å². The molecule has 2 aliphatic rings. The number of dihydropyridines is 1. The van der Waals surface area contributed by atoms with Gasteiger partial charge in [-0.1, -0.05) is 19.9 Å². The molecule has 1 heterocycles. The van der Waals surface area contributed by atoms with Crippen LogP contribution in [0.1, 0.15) is 52.0 Å². The first-order valence-corrected chi connectivity index (χ1v) is 11.0. The lowest BCUT2D eigenvalue weighted by Gasteiger charge is -2.38. The number of aromatic hydroxyl groups is 1. The highest BCUT2D eigenvalue weighted by atomic mass is 16.5. The zero-order chi connectivity index (χ0) is 24.4. The van der Waals surface area contributed by atoms with E-state index in [4.69, 9.17) is 14.2 Å². The predicted octanol–water partition coefficient (Wildman–Crippen LogP) is 3.36. The molecule has 4 atom stereocenters. The quantitative estimate of drug-likeness (QED) is 0.494. The molecule has 8 nitrogen and oxygen atoms in total. The number of ether oxygens (including phenoxy) is 3. The van der Waals surface area contributed by atoms with Crippen LogP contribution < -0.4 is 10.1 Å². The molecule has 8 heteroatoms. The van der Waals surface area contributed by atoms with Gasteiger partial charge in [0, 0.05) is 22.9 Å². The van der Waals surface area contributed by atoms with Crippen LogP contribution in [0.3, 0.4) is 0 Å². The summed E-state index contributed by atoms with van der Waals surface area (Å²) >= 11 is 0. The minimum Gasteiger partial charge on any atom is -0.504 e. The molecule has 0 aromatic heterocycles. The van der Waals surface area contributed by atoms with Crippen molar-refractivity contribution in [1.29, 1.82) is 0 Å². The topological polar surface area (TPSA) is 111 Å². The molecule has 3 rings (SSSR count). The van der Waals surface area contributed by atoms with E-state index in [1.165, 1.54) is 20.3 Å². The Balaban J connectivity index is 2.20. The second-order valence-corrected chi connectivity index (χ2v) is 8.59. The Kier molecular flexibility index (Phi) is 7.15. The summed E-state index contributed by atoms with van der Waals surface area (Å²) in [6.07, 6.45) is 0.767. The molecule has 0 saturated heterocycles. The Morgan fingerprint density at radius 3 is 2.58 bits per heavy atom. The van der Waals surface area contributed by atoms with Gasteiger partial charge in [0.05, 0.1) is 25.9 Å². The van der Waals surface area contributed by atoms with Crippen molar-refractivity contribution in [3.63, 3.8) is 0 Å². The first kappa shape index (κ1) is 24.4. The van der Waals surface area contributed by atoms with Crippen LogP contribution >= 0.6 is 0 Å². The number of allylic oxidation sites excluding steroid dienone is 3. The van der Waals surface area contributed by atoms with Crippen LogP contribution in [-0.4, -0.2) is 43.2 Å². The number of carbonyl (C=O) groups excluding carboxylic acids is 3. The summed E-state index contributed by atoms with van der Waals surface area (Å²) in [6, 6.07) is 4.69. The van der Waals surface area contributed by atoms with Crippen LogP contribution in [-0.2, 0) is 23.9 Å². The van der Waals surface area contributed by atoms with Gasteiger partial charge in [-0.2, -0.15) is 0 Å². The second-order valence-electron chi connectivity index (χ2n) is 8.59. The number of hydrogen-bond acceptors (Lipinski definition) is 8. The average molecular weight is 458 g/mol. The molecule has 0 unspecified atom stereocenters. The molecule has 0 saturated carbocycles. The maximum absolute atomic E-state index is 13.7. The Labute approximate surface area is 193 Å². The van der Waals surface area contributed by atoms with Gasteiger partial charge in [0.25, 0.3) is 0 Å². The van der Waals surface area contributed by atoms with Crippen molar-refractivity contribution in [3.05, 3.63) is 46.3 Å². The van der Waals surface area contributed by atoms with E-state index in [9.17, 15) is 19.5 Å². The highest BCUT2D eigenvalue weighted by molar-refractivity contribution is 6.12. The number of ketones is 1. The molecular weight excluding hydrogens is 426 g/mol. The van der Waals surface area contributed by atoms with Gasteiger partial charge in [-0.3, -0.25) is 9.59 Å². The molecule has 0 fully saturated rings. The van der Waals surface area contributed by atoms with Crippen molar-refractivity contribution >= 4 is 17.7 Å². The Morgan fingerprint density at radius 1 is 1.27 bits per heavy atom. The molecule has 1 aliphatic heterocycles. The van der Waals surface area contributed by atoms with Crippen LogP contribution in [0.4, 0.5) is 0 Å². The van der Waals surface area contributed by atoms with E-state index in [0.717, 1.165) is 0 Å². The largest absolute Gasteiger partial charge is 0.504 e. The SMILES string of the molecule is CC[C@H](C)OC(=O)C1=C(C)NC2=C(C(=O)[C@H](C(=O)OC)[C@@H](C)C2)[C@H]1c1ccc(O)c(OC)c1. The van der Waals surface area contributed by atoms with E-state index in [1.54, 1.807) is 26.0 Å². The molecule has 33 heavy (non-hydrogen) atoms. The zero-order valence-electron chi connectivity index (χ0n) is 19.9. The van der Waals surface area contributed by atoms with E-state index < -0.39 is 23.8 Å². The van der Waals surface area contributed by atoms with Crippen LogP contribution in [0.25, 0.3) is 0 Å². The molecule has 0 amide bonds. The van der Waals surface area contributed by atoms with Gasteiger partial charge in [0.1, 0.15) is 5.92 Å². The van der Waals surface area contributed by atoms with Crippen LogP contribution in [0.15, 0.2) is 40.7 Å². The molecule has 1 aromatic carbocycles. The summed E-state index contributed by atoms with van der Waals surface area (Å²) in [6.45, 7) is 7.31. The summed E-state index contributed by atoms with van der Waals surface area (Å²) in [5.41, 5.74) is 2.43. The number of phenolic OH excluding ortho intramolecular Hbond substituents is 1. The zero-order valence-corrected chi connectivity index (χ0v) is 19.9. The number of esters is 2. The number of nitrogens with one attached hydrogen (secondary N) is 1. The third kappa shape index (κ3) is 4.47. The maximum atomic E-state index is 13.7. The summed E-state index contributed by atoms with van der Waals surface area (Å²) in [5, 5.41) is 13.3. The number of methoxy groups -OCH3 is 2. The summed E-state index contributed by atoms with van der Waals surface area (Å²) in [4.78, 5) is 39.4. The lowest BCUT2D eigenvalue weighted by molar-refractivity contribution is -0.151. The van der Waals surface area contributed by atoms with Gasteiger partial charge in [-0.15, -0.1) is 0 Å². The van der Waals surface area contributed by atoms with Crippen LogP contribution in [0, 0.1) is 11.8 Å². The Hall–Kier alpha value is -3.29. The highest BCUT2D eigenvalue weighted by Gasteiger charge is 2.47. The number of rotatable bonds is 6. The van der Waals surface area contributed by atoms with Gasteiger partial charge in [-0.25, -0.2) is 4.79 Å². The van der Waals surface area contributed by atoms with E-state index in [1.807, 2.05) is 13.8 Å². The molecule has 2 N–H and O–H groups in total. The lowest BCUT2D eigenvalue weighted by Crippen LogP contribution is -2.43. The molecule has 0 bridgehead atoms. The monoisotopic (exact) mass is 457 g/mol. The summed E-state index contributed by atoms with van der Waals surface area (Å²) in [5.74, 6) is -3.42. The minimum absolute atomic E-state index is 0.0650. The van der Waals surface area contributed by atoms with E-state index in [0.29, 0.717) is 35.4 Å². The van der Waals surface area contributed by atoms with Crippen molar-refractivity contribution in [2.75, 3.05) is 14.2 Å². The number of Topliss-reactive ketones (excluding diaryl/α,β-unsaturated/α-hetero) is 1. The van der Waals surface area contributed by atoms with Gasteiger partial charge < -0.3 is 24.6 Å². The third-order valence-corrected chi connectivity index (χ3v) is 6.38. The van der Waals surface area contributed by atoms with Crippen molar-refractivity contribution in [3.8, 4) is 11.5 Å². The van der Waals surface area contributed by atoms with Gasteiger partial charge in [0.2, 0.25) is 0 Å². The molecule has 1 aliphatic carbocycles. The standard InChI is InChI=1S/C25H31NO7/c1-7-13(3)33-25(30)20-14(4)26-16-10-12(2)19(24(29)32-6)23(28)22(16)21(20)15-8-9-17(27)18(11-15)31-5/h8-9,11-13,19,21,26-27H,7,10H2,1-6H3/t12-,13-,19+,21-/m0/s1. The molecule has 178 valence electrons. The maximum Gasteiger partial charge on any atom is 0.337 e. The second kappa shape index (κ2) is 9.68. The van der Waals surface area contributed by atoms with Crippen molar-refractivity contribution in [2.45, 2.75) is 52.6 Å². The molecular formula is C25H31NO7. The average Bonchev–Trinajstić information content (AvgIpc) is 2.77. The van der Waals surface area contributed by atoms with Crippen molar-refractivity contribution in [2.24, 2.45) is 11.8 Å². The van der Waals surface area contributed by atoms with Crippen molar-refractivity contribution < 1.29 is 33.7 Å². The van der Waals surface area contributed by atoms with Gasteiger partial charge >= 0.3 is 11.9 Å². The molecule has 1 aromatic rings. The lowest BCUT2D eigenvalue weighted by atomic mass is 9.69. The third-order valence-electron chi connectivity index (χ3n) is 6.38. The Morgan fingerprint density at radius 2 is 1.97 bits per heavy atom. The summed E-state index contributed by atoms with van der Waals surface area (Å²) in [7, 11) is 2.68. The number of phenols is 1. The van der Waals surface area contributed by atoms with Gasteiger partial charge in [-0.05, 0) is 50.3 Å². The summed E-state index contributed by atoms with van der Waals surface area (Å²) < 4.78 is 15.8. The normalized spacial score (nSPS) is 23.5. The van der Waals surface area contributed by atoms with Crippen molar-refractivity contribution in [1.82, 2.24) is 5.32 Å². The smallest absolute Gasteiger partial charge is 0.337 e. The fourth-order valence-electron chi connectivity index (χ4n) is 4.49. The highest BCUT2D eigenvalue weighted by Crippen LogP contribution is 2.46. The fourth-order valence-corrected chi connectivity index (χ4v) is 4.49. The predicted molar refractivity (Wildman–Crippen MR) is 120 cm³/mol. The van der Waals surface area contributed by atoms with Crippen LogP contribution in [0.2, 0.25) is 0 Å². The Bertz CT molecular complexity index is 1040. The molecule has 0 spiro atoms. The number of hydrogen-bond donors (Lipinski definition) is 2. The first-order valence-electron chi connectivity index (χ1n) is 11.0. The molecule has 0 radical (unpaired) electrons. The van der Waals surface area contributed by atoms with E-state index in [2.05, 4.69) is 5.32 Å².